The van der Waals surface area contributed by atoms with Gasteiger partial charge in [-0.15, -0.1) is 0 Å². The molecule has 1 saturated carbocycles. The minimum absolute atomic E-state index is 0.506. The van der Waals surface area contributed by atoms with E-state index in [0.717, 1.165) is 22.3 Å². The van der Waals surface area contributed by atoms with Crippen molar-refractivity contribution in [1.82, 2.24) is 5.32 Å². The molecular formula is C16H14BrCl2NO. The van der Waals surface area contributed by atoms with Crippen LogP contribution in [0.2, 0.25) is 10.0 Å². The fourth-order valence-electron chi connectivity index (χ4n) is 2.00. The highest BCUT2D eigenvalue weighted by molar-refractivity contribution is 9.10. The highest BCUT2D eigenvalue weighted by Crippen LogP contribution is 2.34. The molecule has 3 rings (SSSR count). The maximum atomic E-state index is 6.17. The van der Waals surface area contributed by atoms with Gasteiger partial charge >= 0.3 is 0 Å². The molecule has 1 aliphatic carbocycles. The van der Waals surface area contributed by atoms with E-state index in [2.05, 4.69) is 27.3 Å². The van der Waals surface area contributed by atoms with E-state index in [1.54, 1.807) is 18.2 Å². The van der Waals surface area contributed by atoms with Gasteiger partial charge in [-0.05, 0) is 49.2 Å². The molecule has 1 N–H and O–H groups in total. The Morgan fingerprint density at radius 2 is 1.86 bits per heavy atom. The molecule has 0 unspecified atom stereocenters. The molecule has 0 atom stereocenters. The first-order valence-corrected chi connectivity index (χ1v) is 8.31. The van der Waals surface area contributed by atoms with E-state index in [9.17, 15) is 0 Å². The minimum atomic E-state index is 0.506. The third-order valence-electron chi connectivity index (χ3n) is 3.29. The Morgan fingerprint density at radius 3 is 2.57 bits per heavy atom. The number of halogens is 3. The number of ether oxygens (including phenoxy) is 1. The summed E-state index contributed by atoms with van der Waals surface area (Å²) in [6.45, 7) is 0.782. The molecule has 0 spiro atoms. The average molecular weight is 387 g/mol. The summed E-state index contributed by atoms with van der Waals surface area (Å²) in [5, 5.41) is 4.60. The van der Waals surface area contributed by atoms with Crippen molar-refractivity contribution in [3.63, 3.8) is 0 Å². The van der Waals surface area contributed by atoms with Gasteiger partial charge in [-0.2, -0.15) is 0 Å². The Hall–Kier alpha value is -0.740. The molecule has 110 valence electrons. The topological polar surface area (TPSA) is 21.3 Å². The summed E-state index contributed by atoms with van der Waals surface area (Å²) in [6.07, 6.45) is 2.51. The molecule has 0 saturated heterocycles. The van der Waals surface area contributed by atoms with Gasteiger partial charge in [0.1, 0.15) is 11.5 Å². The quantitative estimate of drug-likeness (QED) is 0.700. The fraction of sp³-hybridized carbons (Fsp3) is 0.250. The summed E-state index contributed by atoms with van der Waals surface area (Å²) in [5.41, 5.74) is 1.10. The van der Waals surface area contributed by atoms with Crippen molar-refractivity contribution in [3.8, 4) is 11.5 Å². The molecule has 1 fully saturated rings. The molecule has 2 aromatic rings. The standard InChI is InChI=1S/C16H14BrCl2NO/c17-11-1-5-15(10(7-11)9-20-13-3-4-13)21-16-6-2-12(18)8-14(16)19/h1-2,5-8,13,20H,3-4,9H2. The molecule has 2 aromatic carbocycles. The molecule has 0 heterocycles. The molecule has 0 bridgehead atoms. The maximum absolute atomic E-state index is 6.17. The average Bonchev–Trinajstić information content (AvgIpc) is 3.26. The Balaban J connectivity index is 1.82. The van der Waals surface area contributed by atoms with Crippen LogP contribution in [0.5, 0.6) is 11.5 Å². The zero-order valence-corrected chi connectivity index (χ0v) is 14.3. The number of rotatable bonds is 5. The summed E-state index contributed by atoms with van der Waals surface area (Å²) in [4.78, 5) is 0. The lowest BCUT2D eigenvalue weighted by Crippen LogP contribution is -2.15. The molecule has 5 heteroatoms. The second kappa shape index (κ2) is 6.57. The second-order valence-electron chi connectivity index (χ2n) is 5.08. The van der Waals surface area contributed by atoms with Crippen LogP contribution in [0, 0.1) is 0 Å². The van der Waals surface area contributed by atoms with E-state index >= 15 is 0 Å². The number of nitrogens with one attached hydrogen (secondary N) is 1. The molecule has 0 radical (unpaired) electrons. The zero-order chi connectivity index (χ0) is 14.8. The second-order valence-corrected chi connectivity index (χ2v) is 6.84. The Labute approximate surface area is 142 Å². The fourth-order valence-corrected chi connectivity index (χ4v) is 2.86. The van der Waals surface area contributed by atoms with Crippen molar-refractivity contribution in [3.05, 3.63) is 56.5 Å². The summed E-state index contributed by atoms with van der Waals surface area (Å²) in [7, 11) is 0. The smallest absolute Gasteiger partial charge is 0.146 e. The van der Waals surface area contributed by atoms with Crippen LogP contribution in [0.25, 0.3) is 0 Å². The Kier molecular flexibility index (Phi) is 4.75. The van der Waals surface area contributed by atoms with Crippen molar-refractivity contribution in [2.24, 2.45) is 0 Å². The van der Waals surface area contributed by atoms with Crippen molar-refractivity contribution in [1.29, 1.82) is 0 Å². The van der Waals surface area contributed by atoms with Gasteiger partial charge in [-0.1, -0.05) is 39.1 Å². The highest BCUT2D eigenvalue weighted by atomic mass is 79.9. The van der Waals surface area contributed by atoms with E-state index in [-0.39, 0.29) is 0 Å². The lowest BCUT2D eigenvalue weighted by molar-refractivity contribution is 0.472. The van der Waals surface area contributed by atoms with Gasteiger partial charge in [0.05, 0.1) is 5.02 Å². The molecule has 0 aliphatic heterocycles. The van der Waals surface area contributed by atoms with Crippen LogP contribution in [-0.2, 0) is 6.54 Å². The maximum Gasteiger partial charge on any atom is 0.146 e. The van der Waals surface area contributed by atoms with E-state index in [0.29, 0.717) is 21.8 Å². The van der Waals surface area contributed by atoms with Crippen LogP contribution in [-0.4, -0.2) is 6.04 Å². The minimum Gasteiger partial charge on any atom is -0.455 e. The van der Waals surface area contributed by atoms with E-state index in [1.165, 1.54) is 12.8 Å². The van der Waals surface area contributed by atoms with Gasteiger partial charge in [0, 0.05) is 27.6 Å². The normalized spacial score (nSPS) is 14.2. The van der Waals surface area contributed by atoms with Crippen LogP contribution in [0.1, 0.15) is 18.4 Å². The first kappa shape index (κ1) is 15.2. The Bertz CT molecular complexity index is 659. The van der Waals surface area contributed by atoms with Gasteiger partial charge in [0.2, 0.25) is 0 Å². The van der Waals surface area contributed by atoms with Gasteiger partial charge in [0.25, 0.3) is 0 Å². The molecule has 21 heavy (non-hydrogen) atoms. The van der Waals surface area contributed by atoms with E-state index in [1.807, 2.05) is 12.1 Å². The lowest BCUT2D eigenvalue weighted by atomic mass is 10.2. The van der Waals surface area contributed by atoms with Gasteiger partial charge < -0.3 is 10.1 Å². The van der Waals surface area contributed by atoms with E-state index in [4.69, 9.17) is 27.9 Å². The molecule has 2 nitrogen and oxygen atoms in total. The molecule has 1 aliphatic rings. The number of benzene rings is 2. The molecular weight excluding hydrogens is 373 g/mol. The largest absolute Gasteiger partial charge is 0.455 e. The van der Waals surface area contributed by atoms with Crippen molar-refractivity contribution < 1.29 is 4.74 Å². The van der Waals surface area contributed by atoms with E-state index < -0.39 is 0 Å². The van der Waals surface area contributed by atoms with Crippen LogP contribution in [0.4, 0.5) is 0 Å². The van der Waals surface area contributed by atoms with Crippen molar-refractivity contribution in [2.75, 3.05) is 0 Å². The third-order valence-corrected chi connectivity index (χ3v) is 4.32. The highest BCUT2D eigenvalue weighted by Gasteiger charge is 2.21. The lowest BCUT2D eigenvalue weighted by Gasteiger charge is -2.13. The van der Waals surface area contributed by atoms with Crippen LogP contribution < -0.4 is 10.1 Å². The van der Waals surface area contributed by atoms with Crippen LogP contribution in [0.3, 0.4) is 0 Å². The molecule has 0 aromatic heterocycles. The Morgan fingerprint density at radius 1 is 1.10 bits per heavy atom. The van der Waals surface area contributed by atoms with Crippen LogP contribution in [0.15, 0.2) is 40.9 Å². The summed E-state index contributed by atoms with van der Waals surface area (Å²) < 4.78 is 6.98. The summed E-state index contributed by atoms with van der Waals surface area (Å²) in [6, 6.07) is 11.8. The third kappa shape index (κ3) is 4.13. The predicted octanol–water partition coefficient (Wildman–Crippen LogP) is 5.80. The van der Waals surface area contributed by atoms with Crippen molar-refractivity contribution in [2.45, 2.75) is 25.4 Å². The number of hydrogen-bond donors (Lipinski definition) is 1. The SMILES string of the molecule is Clc1ccc(Oc2ccc(Br)cc2CNC2CC2)c(Cl)c1. The predicted molar refractivity (Wildman–Crippen MR) is 90.5 cm³/mol. The van der Waals surface area contributed by atoms with Gasteiger partial charge in [0.15, 0.2) is 0 Å². The van der Waals surface area contributed by atoms with Gasteiger partial charge in [-0.3, -0.25) is 0 Å². The summed E-state index contributed by atoms with van der Waals surface area (Å²) >= 11 is 15.6. The number of hydrogen-bond acceptors (Lipinski definition) is 2. The molecule has 0 amide bonds. The first-order valence-electron chi connectivity index (χ1n) is 6.76. The van der Waals surface area contributed by atoms with Gasteiger partial charge in [-0.25, -0.2) is 0 Å². The first-order chi connectivity index (χ1) is 10.1. The van der Waals surface area contributed by atoms with Crippen molar-refractivity contribution >= 4 is 39.1 Å². The van der Waals surface area contributed by atoms with Crippen LogP contribution >= 0.6 is 39.1 Å². The summed E-state index contributed by atoms with van der Waals surface area (Å²) in [5.74, 6) is 1.41. The monoisotopic (exact) mass is 385 g/mol. The zero-order valence-electron chi connectivity index (χ0n) is 11.2.